The predicted molar refractivity (Wildman–Crippen MR) is 80.8 cm³/mol. The number of rotatable bonds is 6. The Morgan fingerprint density at radius 3 is 2.80 bits per heavy atom. The highest BCUT2D eigenvalue weighted by Crippen LogP contribution is 2.16. The van der Waals surface area contributed by atoms with Crippen LogP contribution in [0.2, 0.25) is 0 Å². The molecule has 1 heterocycles. The Bertz CT molecular complexity index is 707. The fraction of sp³-hybridized carbons (Fsp3) is 0.154. The molecule has 0 aliphatic rings. The molecule has 0 saturated carbocycles. The van der Waals surface area contributed by atoms with E-state index >= 15 is 0 Å². The third-order valence-corrected chi connectivity index (χ3v) is 3.11. The van der Waals surface area contributed by atoms with E-state index in [4.69, 9.17) is 0 Å². The molecule has 6 nitrogen and oxygen atoms in total. The molecule has 0 spiro atoms. The maximum absolute atomic E-state index is 11.2. The molecule has 2 aromatic rings. The summed E-state index contributed by atoms with van der Waals surface area (Å²) >= 11 is 0. The SMILES string of the molecule is C=Cn1cc(CNc2cccc(NS(C)(=O)=O)c2)cn1. The minimum atomic E-state index is -3.26. The van der Waals surface area contributed by atoms with Crippen molar-refractivity contribution in [3.8, 4) is 0 Å². The minimum Gasteiger partial charge on any atom is -0.381 e. The smallest absolute Gasteiger partial charge is 0.229 e. The molecule has 0 aliphatic carbocycles. The summed E-state index contributed by atoms with van der Waals surface area (Å²) in [6.07, 6.45) is 6.34. The third-order valence-electron chi connectivity index (χ3n) is 2.50. The molecule has 1 aromatic heterocycles. The maximum Gasteiger partial charge on any atom is 0.229 e. The van der Waals surface area contributed by atoms with Crippen molar-refractivity contribution in [2.45, 2.75) is 6.54 Å². The lowest BCUT2D eigenvalue weighted by molar-refractivity contribution is 0.607. The first kappa shape index (κ1) is 14.1. The lowest BCUT2D eigenvalue weighted by Gasteiger charge is -2.08. The Morgan fingerprint density at radius 1 is 1.40 bits per heavy atom. The monoisotopic (exact) mass is 292 g/mol. The average molecular weight is 292 g/mol. The summed E-state index contributed by atoms with van der Waals surface area (Å²) in [6.45, 7) is 4.22. The maximum atomic E-state index is 11.2. The number of hydrogen-bond donors (Lipinski definition) is 2. The number of nitrogens with one attached hydrogen (secondary N) is 2. The number of anilines is 2. The molecule has 20 heavy (non-hydrogen) atoms. The van der Waals surface area contributed by atoms with E-state index < -0.39 is 10.0 Å². The van der Waals surface area contributed by atoms with Crippen LogP contribution in [0.3, 0.4) is 0 Å². The first-order chi connectivity index (χ1) is 9.46. The molecule has 106 valence electrons. The second kappa shape index (κ2) is 5.79. The molecule has 2 rings (SSSR count). The van der Waals surface area contributed by atoms with E-state index in [0.29, 0.717) is 12.2 Å². The van der Waals surface area contributed by atoms with Gasteiger partial charge < -0.3 is 5.32 Å². The van der Waals surface area contributed by atoms with Crippen LogP contribution in [0.1, 0.15) is 5.56 Å². The van der Waals surface area contributed by atoms with Crippen LogP contribution >= 0.6 is 0 Å². The summed E-state index contributed by atoms with van der Waals surface area (Å²) in [4.78, 5) is 0. The van der Waals surface area contributed by atoms with Crippen LogP contribution < -0.4 is 10.0 Å². The van der Waals surface area contributed by atoms with Gasteiger partial charge in [0.15, 0.2) is 0 Å². The van der Waals surface area contributed by atoms with Crippen molar-refractivity contribution in [2.24, 2.45) is 0 Å². The van der Waals surface area contributed by atoms with E-state index in [1.54, 1.807) is 35.3 Å². The number of hydrogen-bond acceptors (Lipinski definition) is 4. The molecule has 0 unspecified atom stereocenters. The molecule has 0 atom stereocenters. The van der Waals surface area contributed by atoms with E-state index in [1.165, 1.54) is 0 Å². The van der Waals surface area contributed by atoms with E-state index in [0.717, 1.165) is 17.5 Å². The van der Waals surface area contributed by atoms with Crippen molar-refractivity contribution < 1.29 is 8.42 Å². The van der Waals surface area contributed by atoms with Gasteiger partial charge in [-0.2, -0.15) is 5.10 Å². The number of aromatic nitrogens is 2. The van der Waals surface area contributed by atoms with Crippen LogP contribution in [-0.4, -0.2) is 24.5 Å². The third kappa shape index (κ3) is 4.13. The molecule has 0 amide bonds. The second-order valence-corrected chi connectivity index (χ2v) is 6.07. The Morgan fingerprint density at radius 2 is 2.15 bits per heavy atom. The van der Waals surface area contributed by atoms with Gasteiger partial charge in [-0.25, -0.2) is 13.1 Å². The zero-order valence-electron chi connectivity index (χ0n) is 11.1. The van der Waals surface area contributed by atoms with Crippen molar-refractivity contribution in [3.63, 3.8) is 0 Å². The van der Waals surface area contributed by atoms with Crippen LogP contribution in [0.25, 0.3) is 6.20 Å². The Kier molecular flexibility index (Phi) is 4.09. The van der Waals surface area contributed by atoms with Crippen molar-refractivity contribution in [1.82, 2.24) is 9.78 Å². The quantitative estimate of drug-likeness (QED) is 0.853. The Hall–Kier alpha value is -2.28. The summed E-state index contributed by atoms with van der Waals surface area (Å²) in [6, 6.07) is 7.08. The molecular weight excluding hydrogens is 276 g/mol. The molecule has 0 bridgehead atoms. The standard InChI is InChI=1S/C13H16N4O2S/c1-3-17-10-11(9-15-17)8-14-12-5-4-6-13(7-12)16-20(2,18)19/h3-7,9-10,14,16H,1,8H2,2H3. The number of benzene rings is 1. The van der Waals surface area contributed by atoms with Gasteiger partial charge in [0.05, 0.1) is 18.1 Å². The van der Waals surface area contributed by atoms with Crippen LogP contribution in [0, 0.1) is 0 Å². The van der Waals surface area contributed by atoms with Gasteiger partial charge in [0, 0.05) is 30.2 Å². The minimum absolute atomic E-state index is 0.527. The van der Waals surface area contributed by atoms with Crippen molar-refractivity contribution in [1.29, 1.82) is 0 Å². The Labute approximate surface area is 118 Å². The van der Waals surface area contributed by atoms with Gasteiger partial charge in [-0.3, -0.25) is 4.72 Å². The van der Waals surface area contributed by atoms with Gasteiger partial charge in [0.2, 0.25) is 10.0 Å². The van der Waals surface area contributed by atoms with Crippen molar-refractivity contribution in [3.05, 3.63) is 48.8 Å². The molecule has 0 fully saturated rings. The van der Waals surface area contributed by atoms with E-state index in [2.05, 4.69) is 21.7 Å². The number of nitrogens with zero attached hydrogens (tertiary/aromatic N) is 2. The van der Waals surface area contributed by atoms with Gasteiger partial charge in [-0.15, -0.1) is 0 Å². The molecule has 0 radical (unpaired) electrons. The second-order valence-electron chi connectivity index (χ2n) is 4.32. The summed E-state index contributed by atoms with van der Waals surface area (Å²) < 4.78 is 26.4. The largest absolute Gasteiger partial charge is 0.381 e. The van der Waals surface area contributed by atoms with Gasteiger partial charge in [0.1, 0.15) is 0 Å². The summed E-state index contributed by atoms with van der Waals surface area (Å²) in [5.74, 6) is 0. The van der Waals surface area contributed by atoms with E-state index in [-0.39, 0.29) is 0 Å². The molecule has 1 aromatic carbocycles. The normalized spacial score (nSPS) is 11.1. The van der Waals surface area contributed by atoms with Crippen LogP contribution in [0.4, 0.5) is 11.4 Å². The van der Waals surface area contributed by atoms with E-state index in [1.807, 2.05) is 12.3 Å². The topological polar surface area (TPSA) is 76.0 Å². The van der Waals surface area contributed by atoms with E-state index in [9.17, 15) is 8.42 Å². The lowest BCUT2D eigenvalue weighted by atomic mass is 10.2. The highest BCUT2D eigenvalue weighted by Gasteiger charge is 2.03. The lowest BCUT2D eigenvalue weighted by Crippen LogP contribution is -2.09. The number of sulfonamides is 1. The summed E-state index contributed by atoms with van der Waals surface area (Å²) in [5.41, 5.74) is 2.36. The van der Waals surface area contributed by atoms with Crippen LogP contribution in [0.15, 0.2) is 43.2 Å². The fourth-order valence-electron chi connectivity index (χ4n) is 1.68. The van der Waals surface area contributed by atoms with Gasteiger partial charge >= 0.3 is 0 Å². The highest BCUT2D eigenvalue weighted by molar-refractivity contribution is 7.92. The molecule has 2 N–H and O–H groups in total. The zero-order valence-corrected chi connectivity index (χ0v) is 11.9. The fourth-order valence-corrected chi connectivity index (χ4v) is 2.23. The van der Waals surface area contributed by atoms with Crippen molar-refractivity contribution in [2.75, 3.05) is 16.3 Å². The average Bonchev–Trinajstić information content (AvgIpc) is 2.83. The van der Waals surface area contributed by atoms with Gasteiger partial charge in [-0.1, -0.05) is 12.6 Å². The Balaban J connectivity index is 2.02. The van der Waals surface area contributed by atoms with Crippen LogP contribution in [-0.2, 0) is 16.6 Å². The summed E-state index contributed by atoms with van der Waals surface area (Å²) in [7, 11) is -3.26. The van der Waals surface area contributed by atoms with Crippen LogP contribution in [0.5, 0.6) is 0 Å². The zero-order chi connectivity index (χ0) is 14.6. The first-order valence-corrected chi connectivity index (χ1v) is 7.83. The van der Waals surface area contributed by atoms with Gasteiger partial charge in [-0.05, 0) is 18.2 Å². The molecule has 7 heteroatoms. The highest BCUT2D eigenvalue weighted by atomic mass is 32.2. The first-order valence-electron chi connectivity index (χ1n) is 5.93. The predicted octanol–water partition coefficient (Wildman–Crippen LogP) is 1.97. The molecular formula is C13H16N4O2S. The summed E-state index contributed by atoms with van der Waals surface area (Å²) in [5, 5.41) is 7.28. The van der Waals surface area contributed by atoms with Gasteiger partial charge in [0.25, 0.3) is 0 Å². The molecule has 0 saturated heterocycles. The molecule has 0 aliphatic heterocycles. The van der Waals surface area contributed by atoms with Crippen molar-refractivity contribution >= 4 is 27.6 Å².